The Labute approximate surface area is 127 Å². The van der Waals surface area contributed by atoms with Crippen molar-refractivity contribution in [2.75, 3.05) is 13.2 Å². The zero-order valence-corrected chi connectivity index (χ0v) is 12.5. The van der Waals surface area contributed by atoms with Gasteiger partial charge in [0.05, 0.1) is 29.8 Å². The zero-order valence-electron chi connectivity index (χ0n) is 12.5. The summed E-state index contributed by atoms with van der Waals surface area (Å²) in [6, 6.07) is 5.60. The number of aromatic nitrogens is 2. The summed E-state index contributed by atoms with van der Waals surface area (Å²) in [7, 11) is 1.71. The van der Waals surface area contributed by atoms with Crippen LogP contribution in [0.3, 0.4) is 0 Å². The summed E-state index contributed by atoms with van der Waals surface area (Å²) < 4.78 is 7.30. The van der Waals surface area contributed by atoms with Gasteiger partial charge in [-0.25, -0.2) is 4.79 Å². The standard InChI is InChI=1S/C16H19N3O3/c1-18-13-9-10(5-6-11(13)17-16(18)21)15(20)19-7-8-22-14-4-2-3-12(14)19/h5-6,9,12,14H,2-4,7-8H2,1H3,(H,17,21)/t12-,14+/m0/s1. The van der Waals surface area contributed by atoms with E-state index in [9.17, 15) is 9.59 Å². The minimum Gasteiger partial charge on any atom is -0.374 e. The number of aryl methyl sites for hydroxylation is 1. The second kappa shape index (κ2) is 4.98. The minimum absolute atomic E-state index is 0.0377. The van der Waals surface area contributed by atoms with Crippen LogP contribution in [0.5, 0.6) is 0 Å². The number of carbonyl (C=O) groups is 1. The number of imidazole rings is 1. The van der Waals surface area contributed by atoms with E-state index in [2.05, 4.69) is 4.98 Å². The van der Waals surface area contributed by atoms with Crippen molar-refractivity contribution in [3.8, 4) is 0 Å². The van der Waals surface area contributed by atoms with Crippen LogP contribution >= 0.6 is 0 Å². The number of hydrogen-bond acceptors (Lipinski definition) is 3. The minimum atomic E-state index is -0.165. The highest BCUT2D eigenvalue weighted by Gasteiger charge is 2.38. The first-order chi connectivity index (χ1) is 10.6. The molecule has 2 heterocycles. The maximum atomic E-state index is 12.9. The molecule has 116 valence electrons. The third kappa shape index (κ3) is 1.98. The molecule has 1 saturated carbocycles. The van der Waals surface area contributed by atoms with E-state index in [1.807, 2.05) is 4.90 Å². The lowest BCUT2D eigenvalue weighted by atomic mass is 10.1. The molecule has 2 atom stereocenters. The third-order valence-corrected chi connectivity index (χ3v) is 4.90. The Morgan fingerprint density at radius 2 is 2.23 bits per heavy atom. The Balaban J connectivity index is 1.70. The molecule has 1 aliphatic heterocycles. The average molecular weight is 301 g/mol. The van der Waals surface area contributed by atoms with Crippen molar-refractivity contribution in [2.24, 2.45) is 7.05 Å². The van der Waals surface area contributed by atoms with Gasteiger partial charge < -0.3 is 14.6 Å². The van der Waals surface area contributed by atoms with Crippen LogP contribution in [0.25, 0.3) is 11.0 Å². The second-order valence-corrected chi connectivity index (χ2v) is 6.13. The Morgan fingerprint density at radius 3 is 3.09 bits per heavy atom. The molecule has 1 saturated heterocycles. The molecule has 1 amide bonds. The molecule has 2 fully saturated rings. The molecule has 1 aliphatic carbocycles. The SMILES string of the molecule is Cn1c(=O)[nH]c2ccc(C(=O)N3CCO[C@@H]4CCC[C@@H]43)cc21. The van der Waals surface area contributed by atoms with Gasteiger partial charge in [0.1, 0.15) is 0 Å². The quantitative estimate of drug-likeness (QED) is 0.862. The van der Waals surface area contributed by atoms with Gasteiger partial charge >= 0.3 is 5.69 Å². The van der Waals surface area contributed by atoms with Crippen molar-refractivity contribution < 1.29 is 9.53 Å². The third-order valence-electron chi connectivity index (χ3n) is 4.90. The van der Waals surface area contributed by atoms with Gasteiger partial charge in [-0.1, -0.05) is 0 Å². The molecule has 1 aromatic carbocycles. The highest BCUT2D eigenvalue weighted by molar-refractivity contribution is 5.97. The first-order valence-electron chi connectivity index (χ1n) is 7.76. The molecule has 0 bridgehead atoms. The summed E-state index contributed by atoms with van der Waals surface area (Å²) >= 11 is 0. The number of hydrogen-bond donors (Lipinski definition) is 1. The van der Waals surface area contributed by atoms with Crippen LogP contribution in [0.2, 0.25) is 0 Å². The Morgan fingerprint density at radius 1 is 1.36 bits per heavy atom. The molecule has 2 aromatic rings. The summed E-state index contributed by atoms with van der Waals surface area (Å²) in [4.78, 5) is 29.3. The smallest absolute Gasteiger partial charge is 0.326 e. The number of carbonyl (C=O) groups excluding carboxylic acids is 1. The highest BCUT2D eigenvalue weighted by atomic mass is 16.5. The van der Waals surface area contributed by atoms with Crippen molar-refractivity contribution >= 4 is 16.9 Å². The van der Waals surface area contributed by atoms with E-state index >= 15 is 0 Å². The van der Waals surface area contributed by atoms with E-state index in [-0.39, 0.29) is 23.7 Å². The van der Waals surface area contributed by atoms with E-state index in [0.717, 1.165) is 30.3 Å². The first-order valence-corrected chi connectivity index (χ1v) is 7.76. The number of aromatic amines is 1. The highest BCUT2D eigenvalue weighted by Crippen LogP contribution is 2.30. The van der Waals surface area contributed by atoms with Gasteiger partial charge in [0.25, 0.3) is 5.91 Å². The lowest BCUT2D eigenvalue weighted by Gasteiger charge is -2.37. The molecule has 6 heteroatoms. The van der Waals surface area contributed by atoms with Gasteiger partial charge in [0, 0.05) is 19.2 Å². The lowest BCUT2D eigenvalue weighted by molar-refractivity contribution is -0.0445. The zero-order chi connectivity index (χ0) is 15.3. The number of rotatable bonds is 1. The summed E-state index contributed by atoms with van der Waals surface area (Å²) in [5.74, 6) is 0.0377. The Hall–Kier alpha value is -2.08. The van der Waals surface area contributed by atoms with Crippen molar-refractivity contribution in [2.45, 2.75) is 31.4 Å². The number of ether oxygens (including phenoxy) is 1. The normalized spacial score (nSPS) is 24.7. The molecule has 6 nitrogen and oxygen atoms in total. The summed E-state index contributed by atoms with van der Waals surface area (Å²) in [6.07, 6.45) is 3.36. The maximum absolute atomic E-state index is 12.9. The summed E-state index contributed by atoms with van der Waals surface area (Å²) in [6.45, 7) is 1.25. The van der Waals surface area contributed by atoms with E-state index in [0.29, 0.717) is 18.7 Å². The van der Waals surface area contributed by atoms with E-state index in [4.69, 9.17) is 4.74 Å². The summed E-state index contributed by atoms with van der Waals surface area (Å²) in [5.41, 5.74) is 1.98. The maximum Gasteiger partial charge on any atom is 0.326 e. The van der Waals surface area contributed by atoms with E-state index < -0.39 is 0 Å². The van der Waals surface area contributed by atoms with Crippen molar-refractivity contribution in [1.82, 2.24) is 14.5 Å². The second-order valence-electron chi connectivity index (χ2n) is 6.13. The number of nitrogens with one attached hydrogen (secondary N) is 1. The average Bonchev–Trinajstić information content (AvgIpc) is 3.11. The molecular formula is C16H19N3O3. The van der Waals surface area contributed by atoms with Crippen LogP contribution in [0.1, 0.15) is 29.6 Å². The number of benzene rings is 1. The Kier molecular flexibility index (Phi) is 3.07. The van der Waals surface area contributed by atoms with Crippen molar-refractivity contribution in [3.05, 3.63) is 34.2 Å². The number of H-pyrrole nitrogens is 1. The molecule has 22 heavy (non-hydrogen) atoms. The van der Waals surface area contributed by atoms with Crippen LogP contribution in [-0.2, 0) is 11.8 Å². The van der Waals surface area contributed by atoms with E-state index in [1.165, 1.54) is 4.57 Å². The molecular weight excluding hydrogens is 282 g/mol. The molecule has 0 unspecified atom stereocenters. The molecule has 0 radical (unpaired) electrons. The monoisotopic (exact) mass is 301 g/mol. The van der Waals surface area contributed by atoms with Gasteiger partial charge in [-0.3, -0.25) is 9.36 Å². The molecule has 1 N–H and O–H groups in total. The summed E-state index contributed by atoms with van der Waals surface area (Å²) in [5, 5.41) is 0. The van der Waals surface area contributed by atoms with Gasteiger partial charge in [-0.15, -0.1) is 0 Å². The van der Waals surface area contributed by atoms with E-state index in [1.54, 1.807) is 25.2 Å². The fourth-order valence-corrected chi connectivity index (χ4v) is 3.70. The molecule has 4 rings (SSSR count). The fraction of sp³-hybridized carbons (Fsp3) is 0.500. The molecule has 2 aliphatic rings. The molecule has 0 spiro atoms. The van der Waals surface area contributed by atoms with Gasteiger partial charge in [0.2, 0.25) is 0 Å². The molecule has 1 aromatic heterocycles. The number of fused-ring (bicyclic) bond motifs is 2. The lowest BCUT2D eigenvalue weighted by Crippen LogP contribution is -2.51. The number of morpholine rings is 1. The Bertz CT molecular complexity index is 792. The van der Waals surface area contributed by atoms with Gasteiger partial charge in [0.15, 0.2) is 0 Å². The predicted octanol–water partition coefficient (Wildman–Crippen LogP) is 1.26. The van der Waals surface area contributed by atoms with Crippen molar-refractivity contribution in [1.29, 1.82) is 0 Å². The van der Waals surface area contributed by atoms with Crippen LogP contribution in [-0.4, -0.2) is 45.7 Å². The number of amides is 1. The van der Waals surface area contributed by atoms with Crippen LogP contribution < -0.4 is 5.69 Å². The topological polar surface area (TPSA) is 67.3 Å². The fourth-order valence-electron chi connectivity index (χ4n) is 3.70. The van der Waals surface area contributed by atoms with Gasteiger partial charge in [-0.05, 0) is 37.5 Å². The van der Waals surface area contributed by atoms with Crippen molar-refractivity contribution in [3.63, 3.8) is 0 Å². The van der Waals surface area contributed by atoms with Crippen LogP contribution in [0.4, 0.5) is 0 Å². The van der Waals surface area contributed by atoms with Crippen LogP contribution in [0.15, 0.2) is 23.0 Å². The number of nitrogens with zero attached hydrogens (tertiary/aromatic N) is 2. The largest absolute Gasteiger partial charge is 0.374 e. The first kappa shape index (κ1) is 13.6. The predicted molar refractivity (Wildman–Crippen MR) is 82.0 cm³/mol. The van der Waals surface area contributed by atoms with Gasteiger partial charge in [-0.2, -0.15) is 0 Å². The van der Waals surface area contributed by atoms with Crippen LogP contribution in [0, 0.1) is 0 Å².